The third-order valence-corrected chi connectivity index (χ3v) is 3.57. The molecule has 0 aromatic carbocycles. The summed E-state index contributed by atoms with van der Waals surface area (Å²) in [5.74, 6) is 1.95. The van der Waals surface area contributed by atoms with E-state index in [0.29, 0.717) is 18.3 Å². The van der Waals surface area contributed by atoms with Crippen LogP contribution in [-0.4, -0.2) is 26.0 Å². The molecule has 1 aromatic rings. The molecule has 1 saturated carbocycles. The number of aliphatic hydroxyl groups is 1. The first-order valence-electron chi connectivity index (χ1n) is 6.71. The highest BCUT2D eigenvalue weighted by atomic mass is 16.3. The Morgan fingerprint density at radius 2 is 2.12 bits per heavy atom. The van der Waals surface area contributed by atoms with Gasteiger partial charge in [0.15, 0.2) is 0 Å². The minimum atomic E-state index is -0.243. The normalized spacial score (nSPS) is 19.1. The molecule has 4 nitrogen and oxygen atoms in total. The van der Waals surface area contributed by atoms with E-state index < -0.39 is 0 Å². The summed E-state index contributed by atoms with van der Waals surface area (Å²) in [6.07, 6.45) is 6.86. The number of nitrogens with zero attached hydrogens (tertiary/aromatic N) is 3. The Kier molecular flexibility index (Phi) is 4.15. The van der Waals surface area contributed by atoms with Gasteiger partial charge in [0.05, 0.1) is 6.10 Å². The van der Waals surface area contributed by atoms with Crippen molar-refractivity contribution >= 4 is 0 Å². The average molecular weight is 237 g/mol. The number of rotatable bonds is 5. The van der Waals surface area contributed by atoms with Gasteiger partial charge in [-0.25, -0.2) is 9.67 Å². The molecule has 1 heterocycles. The zero-order chi connectivity index (χ0) is 12.3. The van der Waals surface area contributed by atoms with Crippen molar-refractivity contribution < 1.29 is 5.11 Å². The zero-order valence-electron chi connectivity index (χ0n) is 10.8. The van der Waals surface area contributed by atoms with Gasteiger partial charge in [0.2, 0.25) is 0 Å². The Morgan fingerprint density at radius 3 is 2.76 bits per heavy atom. The maximum absolute atomic E-state index is 10.2. The molecule has 1 aliphatic rings. The van der Waals surface area contributed by atoms with Crippen LogP contribution >= 0.6 is 0 Å². The lowest BCUT2D eigenvalue weighted by molar-refractivity contribution is 0.107. The van der Waals surface area contributed by atoms with Gasteiger partial charge in [-0.2, -0.15) is 5.10 Å². The quantitative estimate of drug-likeness (QED) is 0.852. The van der Waals surface area contributed by atoms with Crippen LogP contribution in [0.3, 0.4) is 0 Å². The van der Waals surface area contributed by atoms with Gasteiger partial charge in [0.25, 0.3) is 0 Å². The lowest BCUT2D eigenvalue weighted by Gasteiger charge is -2.17. The molecule has 1 aromatic heterocycles. The molecule has 1 atom stereocenters. The Bertz CT molecular complexity index is 342. The molecule has 0 radical (unpaired) electrons. The monoisotopic (exact) mass is 237 g/mol. The maximum atomic E-state index is 10.2. The standard InChI is InChI=1S/C13H23N3O/c1-10(2)8-16-13(14-9-15-16)7-12(17)11-5-3-4-6-11/h9-12,17H,3-8H2,1-2H3. The first-order valence-corrected chi connectivity index (χ1v) is 6.71. The maximum Gasteiger partial charge on any atom is 0.138 e. The smallest absolute Gasteiger partial charge is 0.138 e. The number of aliphatic hydroxyl groups excluding tert-OH is 1. The molecule has 0 bridgehead atoms. The number of aromatic nitrogens is 3. The third kappa shape index (κ3) is 3.28. The highest BCUT2D eigenvalue weighted by Gasteiger charge is 2.24. The van der Waals surface area contributed by atoms with Gasteiger partial charge in [0, 0.05) is 13.0 Å². The van der Waals surface area contributed by atoms with E-state index in [-0.39, 0.29) is 6.10 Å². The summed E-state index contributed by atoms with van der Waals surface area (Å²) in [5, 5.41) is 14.4. The number of hydrogen-bond acceptors (Lipinski definition) is 3. The van der Waals surface area contributed by atoms with Crippen molar-refractivity contribution in [2.75, 3.05) is 0 Å². The second-order valence-corrected chi connectivity index (χ2v) is 5.57. The van der Waals surface area contributed by atoms with Crippen molar-refractivity contribution in [2.24, 2.45) is 11.8 Å². The average Bonchev–Trinajstić information content (AvgIpc) is 2.89. The molecule has 1 N–H and O–H groups in total. The number of hydrogen-bond donors (Lipinski definition) is 1. The summed E-state index contributed by atoms with van der Waals surface area (Å²) in [7, 11) is 0. The van der Waals surface area contributed by atoms with Crippen LogP contribution in [0.5, 0.6) is 0 Å². The van der Waals surface area contributed by atoms with Crippen molar-refractivity contribution in [3.05, 3.63) is 12.2 Å². The van der Waals surface area contributed by atoms with E-state index in [1.807, 2.05) is 4.68 Å². The van der Waals surface area contributed by atoms with E-state index >= 15 is 0 Å². The minimum Gasteiger partial charge on any atom is -0.392 e. The van der Waals surface area contributed by atoms with Crippen molar-refractivity contribution in [1.29, 1.82) is 0 Å². The molecule has 1 unspecified atom stereocenters. The van der Waals surface area contributed by atoms with E-state index in [1.54, 1.807) is 6.33 Å². The third-order valence-electron chi connectivity index (χ3n) is 3.57. The summed E-state index contributed by atoms with van der Waals surface area (Å²) >= 11 is 0. The SMILES string of the molecule is CC(C)Cn1ncnc1CC(O)C1CCCC1. The predicted octanol–water partition coefficient (Wildman–Crippen LogP) is 2.03. The fourth-order valence-corrected chi connectivity index (χ4v) is 2.64. The first-order chi connectivity index (χ1) is 8.16. The van der Waals surface area contributed by atoms with Crippen LogP contribution in [0.4, 0.5) is 0 Å². The Morgan fingerprint density at radius 1 is 1.41 bits per heavy atom. The van der Waals surface area contributed by atoms with Gasteiger partial charge >= 0.3 is 0 Å². The lowest BCUT2D eigenvalue weighted by Crippen LogP contribution is -2.23. The molecule has 4 heteroatoms. The highest BCUT2D eigenvalue weighted by Crippen LogP contribution is 2.28. The van der Waals surface area contributed by atoms with Crippen LogP contribution in [0.1, 0.15) is 45.4 Å². The molecule has 17 heavy (non-hydrogen) atoms. The molecule has 1 fully saturated rings. The second-order valence-electron chi connectivity index (χ2n) is 5.57. The van der Waals surface area contributed by atoms with Crippen molar-refractivity contribution in [1.82, 2.24) is 14.8 Å². The minimum absolute atomic E-state index is 0.243. The Balaban J connectivity index is 1.95. The van der Waals surface area contributed by atoms with Gasteiger partial charge < -0.3 is 5.11 Å². The molecular formula is C13H23N3O. The molecule has 1 aliphatic carbocycles. The predicted molar refractivity (Wildman–Crippen MR) is 66.5 cm³/mol. The summed E-state index contributed by atoms with van der Waals surface area (Å²) in [4.78, 5) is 4.27. The van der Waals surface area contributed by atoms with E-state index in [2.05, 4.69) is 23.9 Å². The van der Waals surface area contributed by atoms with Gasteiger partial charge in [0.1, 0.15) is 12.2 Å². The first kappa shape index (κ1) is 12.6. The molecular weight excluding hydrogens is 214 g/mol. The van der Waals surface area contributed by atoms with Crippen molar-refractivity contribution in [3.8, 4) is 0 Å². The van der Waals surface area contributed by atoms with E-state index in [4.69, 9.17) is 0 Å². The van der Waals surface area contributed by atoms with Gasteiger partial charge in [-0.1, -0.05) is 26.7 Å². The molecule has 0 amide bonds. The topological polar surface area (TPSA) is 50.9 Å². The van der Waals surface area contributed by atoms with Crippen LogP contribution in [0.2, 0.25) is 0 Å². The van der Waals surface area contributed by atoms with E-state index in [0.717, 1.165) is 12.4 Å². The largest absolute Gasteiger partial charge is 0.392 e. The van der Waals surface area contributed by atoms with Gasteiger partial charge in [-0.15, -0.1) is 0 Å². The molecule has 0 aliphatic heterocycles. The van der Waals surface area contributed by atoms with Crippen LogP contribution in [-0.2, 0) is 13.0 Å². The zero-order valence-corrected chi connectivity index (χ0v) is 10.8. The van der Waals surface area contributed by atoms with Crippen LogP contribution in [0, 0.1) is 11.8 Å². The van der Waals surface area contributed by atoms with Gasteiger partial charge in [-0.05, 0) is 24.7 Å². The molecule has 96 valence electrons. The van der Waals surface area contributed by atoms with Crippen LogP contribution < -0.4 is 0 Å². The van der Waals surface area contributed by atoms with E-state index in [9.17, 15) is 5.11 Å². The van der Waals surface area contributed by atoms with Gasteiger partial charge in [-0.3, -0.25) is 0 Å². The van der Waals surface area contributed by atoms with E-state index in [1.165, 1.54) is 25.7 Å². The summed E-state index contributed by atoms with van der Waals surface area (Å²) in [6, 6.07) is 0. The summed E-state index contributed by atoms with van der Waals surface area (Å²) < 4.78 is 1.93. The fourth-order valence-electron chi connectivity index (χ4n) is 2.64. The summed E-state index contributed by atoms with van der Waals surface area (Å²) in [6.45, 7) is 5.21. The second kappa shape index (κ2) is 5.63. The summed E-state index contributed by atoms with van der Waals surface area (Å²) in [5.41, 5.74) is 0. The van der Waals surface area contributed by atoms with Crippen molar-refractivity contribution in [2.45, 2.75) is 58.6 Å². The molecule has 0 spiro atoms. The Hall–Kier alpha value is -0.900. The van der Waals surface area contributed by atoms with Crippen LogP contribution in [0.15, 0.2) is 6.33 Å². The lowest BCUT2D eigenvalue weighted by atomic mass is 9.98. The van der Waals surface area contributed by atoms with Crippen LogP contribution in [0.25, 0.3) is 0 Å². The van der Waals surface area contributed by atoms with Crippen molar-refractivity contribution in [3.63, 3.8) is 0 Å². The molecule has 2 rings (SSSR count). The highest BCUT2D eigenvalue weighted by molar-refractivity contribution is 4.90. The fraction of sp³-hybridized carbons (Fsp3) is 0.846. The Labute approximate surface area is 103 Å². The molecule has 0 saturated heterocycles.